The van der Waals surface area contributed by atoms with Crippen molar-refractivity contribution in [2.45, 2.75) is 19.1 Å². The first kappa shape index (κ1) is 20.7. The van der Waals surface area contributed by atoms with Crippen LogP contribution in [0.2, 0.25) is 5.02 Å². The van der Waals surface area contributed by atoms with Gasteiger partial charge in [0.05, 0.1) is 0 Å². The summed E-state index contributed by atoms with van der Waals surface area (Å²) in [4.78, 5) is 13.1. The number of furan rings is 1. The molecular formula is C24H21ClN4O2S. The highest BCUT2D eigenvalue weighted by molar-refractivity contribution is 8.14. The van der Waals surface area contributed by atoms with Crippen LogP contribution in [0.3, 0.4) is 0 Å². The average molecular weight is 465 g/mol. The molecule has 0 aliphatic carbocycles. The second-order valence-corrected chi connectivity index (χ2v) is 9.02. The molecule has 1 aromatic heterocycles. The van der Waals surface area contributed by atoms with Crippen LogP contribution in [0.25, 0.3) is 11.3 Å². The first-order valence-electron chi connectivity index (χ1n) is 10.2. The van der Waals surface area contributed by atoms with Crippen LogP contribution < -0.4 is 10.6 Å². The topological polar surface area (TPSA) is 69.9 Å². The van der Waals surface area contributed by atoms with E-state index in [4.69, 9.17) is 21.1 Å². The van der Waals surface area contributed by atoms with Gasteiger partial charge in [0.1, 0.15) is 11.5 Å². The molecule has 0 spiro atoms. The average Bonchev–Trinajstić information content (AvgIpc) is 3.28. The Kier molecular flexibility index (Phi) is 5.45. The molecule has 8 heteroatoms. The summed E-state index contributed by atoms with van der Waals surface area (Å²) >= 11 is 7.64. The Labute approximate surface area is 195 Å². The maximum Gasteiger partial charge on any atom is 0.255 e. The molecule has 2 atom stereocenters. The van der Waals surface area contributed by atoms with Gasteiger partial charge in [-0.05, 0) is 42.8 Å². The van der Waals surface area contributed by atoms with E-state index in [0.29, 0.717) is 27.5 Å². The second-order valence-electron chi connectivity index (χ2n) is 7.57. The number of para-hydroxylation sites is 1. The molecule has 0 bridgehead atoms. The lowest BCUT2D eigenvalue weighted by Gasteiger charge is -2.42. The molecule has 162 valence electrons. The minimum atomic E-state index is -0.563. The summed E-state index contributed by atoms with van der Waals surface area (Å²) in [6, 6.07) is 16.8. The molecule has 32 heavy (non-hydrogen) atoms. The quantitative estimate of drug-likeness (QED) is 0.485. The lowest BCUT2D eigenvalue weighted by Crippen LogP contribution is -2.50. The molecule has 2 N–H and O–H groups in total. The molecule has 3 heterocycles. The zero-order valence-corrected chi connectivity index (χ0v) is 18.9. The number of aryl methyl sites for hydroxylation is 1. The Balaban J connectivity index is 1.57. The largest absolute Gasteiger partial charge is 0.457 e. The third-order valence-corrected chi connectivity index (χ3v) is 6.56. The molecule has 2 aliphatic rings. The normalized spacial score (nSPS) is 19.4. The highest BCUT2D eigenvalue weighted by atomic mass is 35.5. The monoisotopic (exact) mass is 464 g/mol. The van der Waals surface area contributed by atoms with Gasteiger partial charge in [0.25, 0.3) is 5.91 Å². The number of anilines is 1. The number of nitrogens with zero attached hydrogens (tertiary/aromatic N) is 2. The zero-order chi connectivity index (χ0) is 22.2. The highest BCUT2D eigenvalue weighted by Crippen LogP contribution is 2.43. The fourth-order valence-corrected chi connectivity index (χ4v) is 4.73. The van der Waals surface area contributed by atoms with E-state index in [-0.39, 0.29) is 5.91 Å². The Morgan fingerprint density at radius 2 is 2.09 bits per heavy atom. The van der Waals surface area contributed by atoms with Gasteiger partial charge in [0.2, 0.25) is 0 Å². The highest BCUT2D eigenvalue weighted by Gasteiger charge is 2.43. The number of hydrazone groups is 1. The number of carbonyl (C=O) groups excluding carboxylic acids is 1. The van der Waals surface area contributed by atoms with Gasteiger partial charge in [-0.1, -0.05) is 53.7 Å². The van der Waals surface area contributed by atoms with Gasteiger partial charge < -0.3 is 15.1 Å². The van der Waals surface area contributed by atoms with E-state index < -0.39 is 12.2 Å². The third kappa shape index (κ3) is 3.67. The number of fused-ring (bicyclic) bond motifs is 3. The van der Waals surface area contributed by atoms with E-state index in [9.17, 15) is 4.79 Å². The van der Waals surface area contributed by atoms with Crippen LogP contribution in [0.1, 0.15) is 29.1 Å². The van der Waals surface area contributed by atoms with Crippen LogP contribution in [-0.4, -0.2) is 21.8 Å². The number of amidine groups is 1. The smallest absolute Gasteiger partial charge is 0.255 e. The van der Waals surface area contributed by atoms with E-state index in [0.717, 1.165) is 22.4 Å². The Morgan fingerprint density at radius 3 is 2.94 bits per heavy atom. The number of amides is 1. The van der Waals surface area contributed by atoms with Crippen molar-refractivity contribution >= 4 is 40.1 Å². The van der Waals surface area contributed by atoms with Crippen molar-refractivity contribution < 1.29 is 9.21 Å². The third-order valence-electron chi connectivity index (χ3n) is 5.46. The first-order chi connectivity index (χ1) is 15.5. The van der Waals surface area contributed by atoms with Crippen LogP contribution in [0, 0.1) is 6.92 Å². The lowest BCUT2D eigenvalue weighted by molar-refractivity contribution is -0.127. The number of rotatable bonds is 4. The Hall–Kier alpha value is -3.16. The fraction of sp³-hybridized carbons (Fsp3) is 0.167. The predicted octanol–water partition coefficient (Wildman–Crippen LogP) is 5.70. The van der Waals surface area contributed by atoms with Crippen molar-refractivity contribution in [1.82, 2.24) is 10.3 Å². The maximum atomic E-state index is 13.1. The van der Waals surface area contributed by atoms with Crippen molar-refractivity contribution in [1.29, 1.82) is 0 Å². The number of hydrogen-bond acceptors (Lipinski definition) is 6. The van der Waals surface area contributed by atoms with E-state index in [1.165, 1.54) is 11.8 Å². The molecule has 0 unspecified atom stereocenters. The molecule has 0 saturated carbocycles. The number of benzene rings is 2. The predicted molar refractivity (Wildman–Crippen MR) is 130 cm³/mol. The van der Waals surface area contributed by atoms with Gasteiger partial charge >= 0.3 is 0 Å². The van der Waals surface area contributed by atoms with Gasteiger partial charge in [0, 0.05) is 27.6 Å². The van der Waals surface area contributed by atoms with Gasteiger partial charge in [0.15, 0.2) is 17.4 Å². The number of halogens is 1. The molecule has 2 aromatic carbocycles. The van der Waals surface area contributed by atoms with E-state index in [1.54, 1.807) is 11.1 Å². The van der Waals surface area contributed by atoms with Gasteiger partial charge in [-0.25, -0.2) is 5.01 Å². The summed E-state index contributed by atoms with van der Waals surface area (Å²) in [6.45, 7) is 5.76. The number of thioether (sulfide) groups is 1. The van der Waals surface area contributed by atoms with Crippen molar-refractivity contribution in [2.24, 2.45) is 5.10 Å². The molecule has 2 aliphatic heterocycles. The van der Waals surface area contributed by atoms with Crippen molar-refractivity contribution in [3.05, 3.63) is 89.2 Å². The number of nitrogens with one attached hydrogen (secondary N) is 2. The minimum absolute atomic E-state index is 0.122. The summed E-state index contributed by atoms with van der Waals surface area (Å²) in [6.07, 6.45) is 1.33. The molecule has 0 fully saturated rings. The minimum Gasteiger partial charge on any atom is -0.457 e. The van der Waals surface area contributed by atoms with E-state index in [2.05, 4.69) is 17.2 Å². The van der Waals surface area contributed by atoms with Crippen molar-refractivity contribution in [3.8, 4) is 11.3 Å². The van der Waals surface area contributed by atoms with Crippen molar-refractivity contribution in [3.63, 3.8) is 0 Å². The molecule has 0 saturated heterocycles. The van der Waals surface area contributed by atoms with Crippen LogP contribution in [-0.2, 0) is 4.79 Å². The van der Waals surface area contributed by atoms with Gasteiger partial charge in [-0.3, -0.25) is 4.79 Å². The molecule has 6 nitrogen and oxygen atoms in total. The number of hydrogen-bond donors (Lipinski definition) is 2. The van der Waals surface area contributed by atoms with Crippen LogP contribution >= 0.6 is 23.4 Å². The summed E-state index contributed by atoms with van der Waals surface area (Å²) in [7, 11) is 0. The fourth-order valence-electron chi connectivity index (χ4n) is 3.96. The summed E-state index contributed by atoms with van der Waals surface area (Å²) in [5.74, 6) is 1.89. The molecule has 3 aromatic rings. The first-order valence-corrected chi connectivity index (χ1v) is 11.5. The van der Waals surface area contributed by atoms with E-state index in [1.807, 2.05) is 61.5 Å². The zero-order valence-electron chi connectivity index (χ0n) is 17.3. The van der Waals surface area contributed by atoms with Crippen LogP contribution in [0.15, 0.2) is 76.8 Å². The standard InChI is InChI=1S/C24H21ClN4O2S/c1-3-12-32-24-27-23(30)21-16-6-4-5-7-18(16)26-22(29(21)28-24)20-11-10-19(31-20)17-13-15(25)9-8-14(17)2/h3-11,13,21-22,26H,1,12H2,2H3,(H,27,28,30)/t21-,22+/m0/s1. The van der Waals surface area contributed by atoms with E-state index >= 15 is 0 Å². The maximum absolute atomic E-state index is 13.1. The lowest BCUT2D eigenvalue weighted by atomic mass is 9.99. The summed E-state index contributed by atoms with van der Waals surface area (Å²) in [5, 5.41) is 14.1. The summed E-state index contributed by atoms with van der Waals surface area (Å²) < 4.78 is 6.27. The molecule has 1 amide bonds. The Morgan fingerprint density at radius 1 is 1.25 bits per heavy atom. The van der Waals surface area contributed by atoms with Gasteiger partial charge in [-0.2, -0.15) is 0 Å². The number of carbonyl (C=O) groups is 1. The van der Waals surface area contributed by atoms with Crippen LogP contribution in [0.4, 0.5) is 5.69 Å². The van der Waals surface area contributed by atoms with Gasteiger partial charge in [-0.15, -0.1) is 11.7 Å². The SMILES string of the molecule is C=CCSC1=NN2[C@H](C(=O)N1)c1ccccc1N[C@H]2c1ccc(-c2cc(Cl)ccc2C)o1. The second kappa shape index (κ2) is 8.41. The molecule has 5 rings (SSSR count). The molecular weight excluding hydrogens is 444 g/mol. The van der Waals surface area contributed by atoms with Crippen molar-refractivity contribution in [2.75, 3.05) is 11.1 Å². The summed E-state index contributed by atoms with van der Waals surface area (Å²) in [5.41, 5.74) is 3.74. The Bertz CT molecular complexity index is 1240. The molecule has 0 radical (unpaired) electrons. The van der Waals surface area contributed by atoms with Crippen LogP contribution in [0.5, 0.6) is 0 Å².